The highest BCUT2D eigenvalue weighted by atomic mass is 19.4. The smallest absolute Gasteiger partial charge is 0.381 e. The lowest BCUT2D eigenvalue weighted by molar-refractivity contribution is -0.138. The van der Waals surface area contributed by atoms with E-state index >= 15 is 0 Å². The summed E-state index contributed by atoms with van der Waals surface area (Å²) in [5.74, 6) is -0.0797. The number of ether oxygens (including phenoxy) is 1. The van der Waals surface area contributed by atoms with Crippen molar-refractivity contribution in [2.45, 2.75) is 24.9 Å². The molecule has 0 bridgehead atoms. The van der Waals surface area contributed by atoms with Crippen molar-refractivity contribution in [1.29, 1.82) is 0 Å². The Labute approximate surface area is 110 Å². The van der Waals surface area contributed by atoms with Crippen molar-refractivity contribution < 1.29 is 17.9 Å². The maximum absolute atomic E-state index is 13.0. The van der Waals surface area contributed by atoms with Crippen LogP contribution in [-0.4, -0.2) is 19.8 Å². The second kappa shape index (κ2) is 5.92. The molecule has 1 atom stereocenters. The van der Waals surface area contributed by atoms with Crippen LogP contribution in [0, 0.1) is 5.92 Å². The minimum Gasteiger partial charge on any atom is -0.381 e. The second-order valence-electron chi connectivity index (χ2n) is 4.88. The molecule has 1 unspecified atom stereocenters. The number of halogens is 3. The molecule has 0 amide bonds. The zero-order valence-corrected chi connectivity index (χ0v) is 10.6. The topological polar surface area (TPSA) is 35.2 Å². The molecular weight excluding hydrogens is 255 g/mol. The molecule has 0 aliphatic carbocycles. The molecule has 106 valence electrons. The summed E-state index contributed by atoms with van der Waals surface area (Å²) in [4.78, 5) is 0. The fourth-order valence-corrected chi connectivity index (χ4v) is 2.77. The standard InChI is InChI=1S/C14H18F3NO/c15-14(16,17)13-4-2-1-3-11(13)12(9-18)10-5-7-19-8-6-10/h1-4,10,12H,5-9,18H2. The lowest BCUT2D eigenvalue weighted by Crippen LogP contribution is -2.28. The summed E-state index contributed by atoms with van der Waals surface area (Å²) in [6.07, 6.45) is -2.78. The third-order valence-corrected chi connectivity index (χ3v) is 3.75. The second-order valence-corrected chi connectivity index (χ2v) is 4.88. The molecule has 5 heteroatoms. The number of rotatable bonds is 3. The van der Waals surface area contributed by atoms with Crippen LogP contribution in [0.1, 0.15) is 29.9 Å². The fourth-order valence-electron chi connectivity index (χ4n) is 2.77. The summed E-state index contributed by atoms with van der Waals surface area (Å²) in [5, 5.41) is 0. The fraction of sp³-hybridized carbons (Fsp3) is 0.571. The minimum absolute atomic E-state index is 0.169. The van der Waals surface area contributed by atoms with Gasteiger partial charge in [0.25, 0.3) is 0 Å². The van der Waals surface area contributed by atoms with E-state index in [1.165, 1.54) is 6.07 Å². The van der Waals surface area contributed by atoms with E-state index in [1.54, 1.807) is 12.1 Å². The molecule has 1 saturated heterocycles. The average molecular weight is 273 g/mol. The van der Waals surface area contributed by atoms with E-state index in [4.69, 9.17) is 10.5 Å². The van der Waals surface area contributed by atoms with Crippen LogP contribution in [0.2, 0.25) is 0 Å². The van der Waals surface area contributed by atoms with Gasteiger partial charge in [-0.05, 0) is 42.9 Å². The summed E-state index contributed by atoms with van der Waals surface area (Å²) < 4.78 is 44.4. The lowest BCUT2D eigenvalue weighted by Gasteiger charge is -2.31. The van der Waals surface area contributed by atoms with Gasteiger partial charge in [0.15, 0.2) is 0 Å². The van der Waals surface area contributed by atoms with E-state index < -0.39 is 11.7 Å². The molecule has 2 rings (SSSR count). The van der Waals surface area contributed by atoms with Gasteiger partial charge in [-0.1, -0.05) is 18.2 Å². The minimum atomic E-state index is -4.32. The molecule has 0 radical (unpaired) electrons. The van der Waals surface area contributed by atoms with Gasteiger partial charge in [0.2, 0.25) is 0 Å². The van der Waals surface area contributed by atoms with Crippen LogP contribution in [-0.2, 0) is 10.9 Å². The van der Waals surface area contributed by atoms with Crippen LogP contribution >= 0.6 is 0 Å². The molecule has 2 nitrogen and oxygen atoms in total. The van der Waals surface area contributed by atoms with Gasteiger partial charge >= 0.3 is 6.18 Å². The van der Waals surface area contributed by atoms with E-state index in [0.29, 0.717) is 18.8 Å². The van der Waals surface area contributed by atoms with Gasteiger partial charge in [0.1, 0.15) is 0 Å². The molecule has 2 N–H and O–H groups in total. The number of hydrogen-bond donors (Lipinski definition) is 1. The Kier molecular flexibility index (Phi) is 4.47. The molecule has 1 heterocycles. The first-order valence-electron chi connectivity index (χ1n) is 6.48. The molecule has 1 fully saturated rings. The summed E-state index contributed by atoms with van der Waals surface area (Å²) in [5.41, 5.74) is 5.50. The van der Waals surface area contributed by atoms with Crippen LogP contribution in [0.3, 0.4) is 0 Å². The maximum atomic E-state index is 13.0. The molecule has 0 aromatic heterocycles. The largest absolute Gasteiger partial charge is 0.416 e. The van der Waals surface area contributed by atoms with Crippen LogP contribution in [0.5, 0.6) is 0 Å². The SMILES string of the molecule is NCC(c1ccccc1C(F)(F)F)C1CCOCC1. The predicted molar refractivity (Wildman–Crippen MR) is 66.8 cm³/mol. The van der Waals surface area contributed by atoms with Crippen LogP contribution in [0.25, 0.3) is 0 Å². The highest BCUT2D eigenvalue weighted by molar-refractivity contribution is 5.33. The van der Waals surface area contributed by atoms with Gasteiger partial charge in [0, 0.05) is 13.2 Å². The lowest BCUT2D eigenvalue weighted by atomic mass is 9.79. The Morgan fingerprint density at radius 1 is 1.21 bits per heavy atom. The van der Waals surface area contributed by atoms with Crippen molar-refractivity contribution in [3.63, 3.8) is 0 Å². The monoisotopic (exact) mass is 273 g/mol. The molecule has 1 aliphatic heterocycles. The van der Waals surface area contributed by atoms with Gasteiger partial charge in [-0.15, -0.1) is 0 Å². The van der Waals surface area contributed by atoms with E-state index in [9.17, 15) is 13.2 Å². The highest BCUT2D eigenvalue weighted by Crippen LogP contribution is 2.39. The van der Waals surface area contributed by atoms with Crippen molar-refractivity contribution in [3.05, 3.63) is 35.4 Å². The quantitative estimate of drug-likeness (QED) is 0.918. The van der Waals surface area contributed by atoms with Crippen LogP contribution < -0.4 is 5.73 Å². The third kappa shape index (κ3) is 3.28. The van der Waals surface area contributed by atoms with Crippen LogP contribution in [0.4, 0.5) is 13.2 Å². The molecule has 1 aromatic carbocycles. The Morgan fingerprint density at radius 2 is 1.84 bits per heavy atom. The number of alkyl halides is 3. The maximum Gasteiger partial charge on any atom is 0.416 e. The highest BCUT2D eigenvalue weighted by Gasteiger charge is 2.36. The molecular formula is C14H18F3NO. The molecule has 0 spiro atoms. The summed E-state index contributed by atoms with van der Waals surface area (Å²) in [7, 11) is 0. The van der Waals surface area contributed by atoms with Gasteiger partial charge in [-0.3, -0.25) is 0 Å². The first kappa shape index (κ1) is 14.3. The molecule has 0 saturated carbocycles. The Hall–Kier alpha value is -1.07. The van der Waals surface area contributed by atoms with Gasteiger partial charge in [0.05, 0.1) is 5.56 Å². The summed E-state index contributed by atoms with van der Waals surface area (Å²) in [6.45, 7) is 1.45. The van der Waals surface area contributed by atoms with E-state index in [1.807, 2.05) is 0 Å². The van der Waals surface area contributed by atoms with Gasteiger partial charge in [-0.25, -0.2) is 0 Å². The number of hydrogen-bond acceptors (Lipinski definition) is 2. The predicted octanol–water partition coefficient (Wildman–Crippen LogP) is 3.17. The summed E-state index contributed by atoms with van der Waals surface area (Å²) in [6, 6.07) is 5.75. The van der Waals surface area contributed by atoms with Crippen molar-refractivity contribution in [2.75, 3.05) is 19.8 Å². The Balaban J connectivity index is 2.32. The first-order chi connectivity index (χ1) is 9.04. The van der Waals surface area contributed by atoms with Crippen LogP contribution in [0.15, 0.2) is 24.3 Å². The van der Waals surface area contributed by atoms with E-state index in [-0.39, 0.29) is 18.4 Å². The molecule has 19 heavy (non-hydrogen) atoms. The zero-order valence-electron chi connectivity index (χ0n) is 10.6. The van der Waals surface area contributed by atoms with E-state index in [2.05, 4.69) is 0 Å². The third-order valence-electron chi connectivity index (χ3n) is 3.75. The molecule has 1 aromatic rings. The first-order valence-corrected chi connectivity index (χ1v) is 6.48. The molecule has 1 aliphatic rings. The Morgan fingerprint density at radius 3 is 2.42 bits per heavy atom. The van der Waals surface area contributed by atoms with Crippen molar-refractivity contribution in [2.24, 2.45) is 11.7 Å². The van der Waals surface area contributed by atoms with Crippen molar-refractivity contribution in [1.82, 2.24) is 0 Å². The Bertz CT molecular complexity index is 413. The normalized spacial score (nSPS) is 19.4. The van der Waals surface area contributed by atoms with Gasteiger partial charge < -0.3 is 10.5 Å². The average Bonchev–Trinajstić information content (AvgIpc) is 2.40. The number of nitrogens with two attached hydrogens (primary N) is 1. The zero-order chi connectivity index (χ0) is 13.9. The summed E-state index contributed by atoms with van der Waals surface area (Å²) >= 11 is 0. The van der Waals surface area contributed by atoms with E-state index in [0.717, 1.165) is 18.9 Å². The van der Waals surface area contributed by atoms with Crippen molar-refractivity contribution in [3.8, 4) is 0 Å². The van der Waals surface area contributed by atoms with Gasteiger partial charge in [-0.2, -0.15) is 13.2 Å². The van der Waals surface area contributed by atoms with Crippen molar-refractivity contribution >= 4 is 0 Å². The number of benzene rings is 1.